The monoisotopic (exact) mass is 275 g/mol. The molecule has 1 atom stereocenters. The molecule has 4 heteroatoms. The molecule has 1 fully saturated rings. The van der Waals surface area contributed by atoms with Gasteiger partial charge in [-0.1, -0.05) is 0 Å². The molecule has 4 nitrogen and oxygen atoms in total. The zero-order valence-corrected chi connectivity index (χ0v) is 12.7. The van der Waals surface area contributed by atoms with Gasteiger partial charge in [0.25, 0.3) is 5.91 Å². The Bertz CT molecular complexity index is 436. The fourth-order valence-corrected chi connectivity index (χ4v) is 2.62. The highest BCUT2D eigenvalue weighted by atomic mass is 16.2. The van der Waals surface area contributed by atoms with Crippen LogP contribution in [0.3, 0.4) is 0 Å². The summed E-state index contributed by atoms with van der Waals surface area (Å²) in [5.74, 6) is 0.131. The van der Waals surface area contributed by atoms with Crippen LogP contribution < -0.4 is 10.2 Å². The van der Waals surface area contributed by atoms with Gasteiger partial charge in [-0.2, -0.15) is 0 Å². The van der Waals surface area contributed by atoms with Crippen LogP contribution in [0, 0.1) is 0 Å². The molecule has 1 amide bonds. The minimum Gasteiger partial charge on any atom is -0.378 e. The highest BCUT2D eigenvalue weighted by Gasteiger charge is 2.21. The van der Waals surface area contributed by atoms with Crippen molar-refractivity contribution >= 4 is 11.6 Å². The van der Waals surface area contributed by atoms with Crippen molar-refractivity contribution in [3.63, 3.8) is 0 Å². The van der Waals surface area contributed by atoms with Crippen LogP contribution in [0.1, 0.15) is 30.1 Å². The number of benzene rings is 1. The number of likely N-dealkylation sites (N-methyl/N-ethyl adjacent to an activating group) is 1. The smallest absolute Gasteiger partial charge is 0.253 e. The van der Waals surface area contributed by atoms with E-state index < -0.39 is 0 Å². The first-order valence-corrected chi connectivity index (χ1v) is 7.42. The van der Waals surface area contributed by atoms with Gasteiger partial charge in [-0.3, -0.25) is 4.79 Å². The molecule has 1 heterocycles. The summed E-state index contributed by atoms with van der Waals surface area (Å²) in [6, 6.07) is 8.29. The lowest BCUT2D eigenvalue weighted by molar-refractivity contribution is 0.0751. The summed E-state index contributed by atoms with van der Waals surface area (Å²) < 4.78 is 0. The summed E-state index contributed by atoms with van der Waals surface area (Å²) in [6.45, 7) is 4.69. The van der Waals surface area contributed by atoms with E-state index in [9.17, 15) is 4.79 Å². The lowest BCUT2D eigenvalue weighted by atomic mass is 10.1. The number of hydrogen-bond acceptors (Lipinski definition) is 3. The third-order valence-corrected chi connectivity index (χ3v) is 3.90. The van der Waals surface area contributed by atoms with E-state index in [0.29, 0.717) is 6.04 Å². The summed E-state index contributed by atoms with van der Waals surface area (Å²) in [7, 11) is 4.00. The van der Waals surface area contributed by atoms with Gasteiger partial charge < -0.3 is 15.1 Å². The van der Waals surface area contributed by atoms with Gasteiger partial charge in [0.1, 0.15) is 0 Å². The predicted octanol–water partition coefficient (Wildman–Crippen LogP) is 1.97. The zero-order valence-electron chi connectivity index (χ0n) is 12.7. The summed E-state index contributed by atoms with van der Waals surface area (Å²) in [6.07, 6.45) is 2.39. The second kappa shape index (κ2) is 6.75. The molecule has 0 radical (unpaired) electrons. The maximum Gasteiger partial charge on any atom is 0.253 e. The molecule has 1 N–H and O–H groups in total. The quantitative estimate of drug-likeness (QED) is 0.892. The molecule has 0 spiro atoms. The van der Waals surface area contributed by atoms with Gasteiger partial charge in [0.05, 0.1) is 0 Å². The maximum absolute atomic E-state index is 12.5. The molecule has 0 aromatic heterocycles. The third-order valence-electron chi connectivity index (χ3n) is 3.90. The van der Waals surface area contributed by atoms with Gasteiger partial charge in [-0.05, 0) is 50.6 Å². The molecule has 0 bridgehead atoms. The number of anilines is 1. The highest BCUT2D eigenvalue weighted by molar-refractivity contribution is 5.94. The molecule has 1 saturated heterocycles. The lowest BCUT2D eigenvalue weighted by Crippen LogP contribution is -2.41. The normalized spacial score (nSPS) is 18.1. The van der Waals surface area contributed by atoms with Crippen molar-refractivity contribution in [1.29, 1.82) is 0 Å². The van der Waals surface area contributed by atoms with Crippen molar-refractivity contribution in [2.24, 2.45) is 0 Å². The fraction of sp³-hybridized carbons (Fsp3) is 0.562. The minimum atomic E-state index is 0.131. The number of amides is 1. The molecule has 1 aliphatic heterocycles. The van der Waals surface area contributed by atoms with E-state index in [1.807, 2.05) is 55.1 Å². The van der Waals surface area contributed by atoms with Crippen LogP contribution in [0.5, 0.6) is 0 Å². The van der Waals surface area contributed by atoms with Crippen LogP contribution in [0.4, 0.5) is 5.69 Å². The Labute approximate surface area is 121 Å². The first-order valence-electron chi connectivity index (χ1n) is 7.42. The third kappa shape index (κ3) is 3.51. The van der Waals surface area contributed by atoms with Crippen molar-refractivity contribution in [1.82, 2.24) is 10.2 Å². The fourth-order valence-electron chi connectivity index (χ4n) is 2.62. The van der Waals surface area contributed by atoms with Crippen LogP contribution >= 0.6 is 0 Å². The Morgan fingerprint density at radius 2 is 2.00 bits per heavy atom. The van der Waals surface area contributed by atoms with Crippen molar-refractivity contribution in [3.8, 4) is 0 Å². The largest absolute Gasteiger partial charge is 0.378 e. The van der Waals surface area contributed by atoms with Crippen molar-refractivity contribution in [2.45, 2.75) is 25.8 Å². The summed E-state index contributed by atoms with van der Waals surface area (Å²) in [5, 5.41) is 3.45. The van der Waals surface area contributed by atoms with E-state index in [-0.39, 0.29) is 5.91 Å². The van der Waals surface area contributed by atoms with Crippen LogP contribution in [-0.2, 0) is 0 Å². The van der Waals surface area contributed by atoms with Crippen molar-refractivity contribution < 1.29 is 4.79 Å². The van der Waals surface area contributed by atoms with E-state index in [4.69, 9.17) is 0 Å². The topological polar surface area (TPSA) is 35.6 Å². The SMILES string of the molecule is CCN(CC1CCCN1)C(=O)c1ccc(N(C)C)cc1. The van der Waals surface area contributed by atoms with Crippen LogP contribution in [0.25, 0.3) is 0 Å². The van der Waals surface area contributed by atoms with Crippen LogP contribution in [0.15, 0.2) is 24.3 Å². The number of rotatable bonds is 5. The molecule has 0 aliphatic carbocycles. The Morgan fingerprint density at radius 1 is 1.30 bits per heavy atom. The first kappa shape index (κ1) is 14.9. The number of nitrogens with zero attached hydrogens (tertiary/aromatic N) is 2. The molecule has 1 unspecified atom stereocenters. The summed E-state index contributed by atoms with van der Waals surface area (Å²) >= 11 is 0. The molecule has 1 aromatic rings. The van der Waals surface area contributed by atoms with Gasteiger partial charge in [0.15, 0.2) is 0 Å². The van der Waals surface area contributed by atoms with Crippen LogP contribution in [-0.4, -0.2) is 50.6 Å². The number of nitrogens with one attached hydrogen (secondary N) is 1. The van der Waals surface area contributed by atoms with Crippen molar-refractivity contribution in [3.05, 3.63) is 29.8 Å². The average molecular weight is 275 g/mol. The first-order chi connectivity index (χ1) is 9.61. The van der Waals surface area contributed by atoms with E-state index in [1.54, 1.807) is 0 Å². The van der Waals surface area contributed by atoms with E-state index in [2.05, 4.69) is 5.32 Å². The Hall–Kier alpha value is -1.55. The molecule has 0 saturated carbocycles. The summed E-state index contributed by atoms with van der Waals surface area (Å²) in [5.41, 5.74) is 1.89. The molecular formula is C16H25N3O. The van der Waals surface area contributed by atoms with Gasteiger partial charge in [0, 0.05) is 44.5 Å². The molecule has 110 valence electrons. The molecule has 20 heavy (non-hydrogen) atoms. The van der Waals surface area contributed by atoms with Crippen molar-refractivity contribution in [2.75, 3.05) is 38.6 Å². The number of carbonyl (C=O) groups is 1. The Morgan fingerprint density at radius 3 is 2.50 bits per heavy atom. The minimum absolute atomic E-state index is 0.131. The molecule has 1 aromatic carbocycles. The lowest BCUT2D eigenvalue weighted by Gasteiger charge is -2.25. The maximum atomic E-state index is 12.5. The highest BCUT2D eigenvalue weighted by Crippen LogP contribution is 2.15. The van der Waals surface area contributed by atoms with Gasteiger partial charge in [-0.15, -0.1) is 0 Å². The number of carbonyl (C=O) groups excluding carboxylic acids is 1. The molecule has 2 rings (SSSR count). The Balaban J connectivity index is 2.03. The van der Waals surface area contributed by atoms with Gasteiger partial charge in [-0.25, -0.2) is 0 Å². The van der Waals surface area contributed by atoms with Crippen LogP contribution in [0.2, 0.25) is 0 Å². The molecule has 1 aliphatic rings. The Kier molecular flexibility index (Phi) is 5.01. The average Bonchev–Trinajstić information content (AvgIpc) is 2.97. The molecular weight excluding hydrogens is 250 g/mol. The van der Waals surface area contributed by atoms with E-state index >= 15 is 0 Å². The second-order valence-electron chi connectivity index (χ2n) is 5.58. The van der Waals surface area contributed by atoms with Gasteiger partial charge >= 0.3 is 0 Å². The zero-order chi connectivity index (χ0) is 14.5. The van der Waals surface area contributed by atoms with Gasteiger partial charge in [0.2, 0.25) is 0 Å². The second-order valence-corrected chi connectivity index (χ2v) is 5.58. The van der Waals surface area contributed by atoms with E-state index in [0.717, 1.165) is 30.9 Å². The predicted molar refractivity (Wildman–Crippen MR) is 83.4 cm³/mol. The standard InChI is InChI=1S/C16H25N3O/c1-4-19(12-14-6-5-11-17-14)16(20)13-7-9-15(10-8-13)18(2)3/h7-10,14,17H,4-6,11-12H2,1-3H3. The number of hydrogen-bond donors (Lipinski definition) is 1. The van der Waals surface area contributed by atoms with E-state index in [1.165, 1.54) is 12.8 Å². The summed E-state index contributed by atoms with van der Waals surface area (Å²) in [4.78, 5) is 16.5.